The van der Waals surface area contributed by atoms with Gasteiger partial charge in [0, 0.05) is 57.9 Å². The fourth-order valence-corrected chi connectivity index (χ4v) is 4.68. The van der Waals surface area contributed by atoms with E-state index in [1.54, 1.807) is 12.3 Å². The first-order valence-corrected chi connectivity index (χ1v) is 11.2. The zero-order valence-electron chi connectivity index (χ0n) is 18.1. The average Bonchev–Trinajstić information content (AvgIpc) is 3.32. The molecule has 32 heavy (non-hydrogen) atoms. The summed E-state index contributed by atoms with van der Waals surface area (Å²) in [6, 6.07) is 11.9. The van der Waals surface area contributed by atoms with Crippen LogP contribution in [-0.4, -0.2) is 66.8 Å². The zero-order chi connectivity index (χ0) is 21.9. The molecule has 2 aromatic rings. The summed E-state index contributed by atoms with van der Waals surface area (Å²) in [6.07, 6.45) is 3.30. The second-order valence-electron chi connectivity index (χ2n) is 8.57. The number of benzene rings is 1. The number of aromatic nitrogens is 1. The number of hydrogen-bond donors (Lipinski definition) is 0. The van der Waals surface area contributed by atoms with Crippen LogP contribution in [0.15, 0.2) is 36.5 Å². The fraction of sp³-hybridized carbons (Fsp3) is 0.458. The number of anilines is 1. The number of nitrogens with zero attached hydrogens (tertiary/aromatic N) is 5. The molecule has 0 saturated carbocycles. The highest BCUT2D eigenvalue weighted by Crippen LogP contribution is 2.33. The molecule has 8 heteroatoms. The summed E-state index contributed by atoms with van der Waals surface area (Å²) >= 11 is 0. The number of nitriles is 1. The molecule has 1 amide bonds. The highest BCUT2D eigenvalue weighted by atomic mass is 16.7. The lowest BCUT2D eigenvalue weighted by molar-refractivity contribution is -0.138. The number of piperidine rings is 1. The Morgan fingerprint density at radius 1 is 1.03 bits per heavy atom. The standard InChI is InChI=1S/C24H27N5O3/c25-14-19-2-4-23(26-15-19)28-7-5-20(6-8-28)24(30)29-11-9-27(10-12-29)16-18-1-3-21-22(13-18)32-17-31-21/h1-4,13,15,20H,5-12,16-17H2. The van der Waals surface area contributed by atoms with E-state index < -0.39 is 0 Å². The Bertz CT molecular complexity index is 1000. The Hall–Kier alpha value is -3.31. The van der Waals surface area contributed by atoms with Gasteiger partial charge in [-0.05, 0) is 42.7 Å². The predicted octanol–water partition coefficient (Wildman–Crippen LogP) is 2.24. The molecule has 1 aromatic carbocycles. The van der Waals surface area contributed by atoms with E-state index in [0.717, 1.165) is 76.0 Å². The smallest absolute Gasteiger partial charge is 0.231 e. The van der Waals surface area contributed by atoms with Crippen molar-refractivity contribution in [3.8, 4) is 17.6 Å². The number of hydrogen-bond acceptors (Lipinski definition) is 7. The van der Waals surface area contributed by atoms with E-state index >= 15 is 0 Å². The first-order chi connectivity index (χ1) is 15.7. The van der Waals surface area contributed by atoms with Crippen LogP contribution in [0.5, 0.6) is 11.5 Å². The molecule has 2 fully saturated rings. The van der Waals surface area contributed by atoms with Crippen LogP contribution in [0.4, 0.5) is 5.82 Å². The second kappa shape index (κ2) is 9.05. The summed E-state index contributed by atoms with van der Waals surface area (Å²) in [5.41, 5.74) is 1.77. The molecule has 0 atom stereocenters. The van der Waals surface area contributed by atoms with E-state index in [0.29, 0.717) is 18.3 Å². The molecular weight excluding hydrogens is 406 g/mol. The molecule has 0 spiro atoms. The summed E-state index contributed by atoms with van der Waals surface area (Å²) in [5, 5.41) is 8.92. The average molecular weight is 434 g/mol. The van der Waals surface area contributed by atoms with Crippen molar-refractivity contribution in [2.75, 3.05) is 51.0 Å². The molecule has 3 aliphatic heterocycles. The van der Waals surface area contributed by atoms with Gasteiger partial charge in [-0.2, -0.15) is 5.26 Å². The van der Waals surface area contributed by atoms with Gasteiger partial charge in [0.05, 0.1) is 5.56 Å². The lowest BCUT2D eigenvalue weighted by Gasteiger charge is -2.38. The summed E-state index contributed by atoms with van der Waals surface area (Å²) in [6.45, 7) is 6.11. The highest BCUT2D eigenvalue weighted by molar-refractivity contribution is 5.79. The van der Waals surface area contributed by atoms with Gasteiger partial charge >= 0.3 is 0 Å². The number of carbonyl (C=O) groups excluding carboxylic acids is 1. The van der Waals surface area contributed by atoms with Crippen LogP contribution < -0.4 is 14.4 Å². The summed E-state index contributed by atoms with van der Waals surface area (Å²) < 4.78 is 10.9. The van der Waals surface area contributed by atoms with E-state index in [2.05, 4.69) is 33.0 Å². The summed E-state index contributed by atoms with van der Waals surface area (Å²) in [7, 11) is 0. The zero-order valence-corrected chi connectivity index (χ0v) is 18.1. The third-order valence-electron chi connectivity index (χ3n) is 6.57. The number of rotatable bonds is 4. The van der Waals surface area contributed by atoms with E-state index in [4.69, 9.17) is 14.7 Å². The Morgan fingerprint density at radius 3 is 2.53 bits per heavy atom. The number of carbonyl (C=O) groups is 1. The van der Waals surface area contributed by atoms with Crippen molar-refractivity contribution in [1.29, 1.82) is 5.26 Å². The highest BCUT2D eigenvalue weighted by Gasteiger charge is 2.31. The first kappa shape index (κ1) is 20.6. The van der Waals surface area contributed by atoms with Crippen molar-refractivity contribution >= 4 is 11.7 Å². The maximum atomic E-state index is 13.1. The minimum atomic E-state index is 0.0880. The monoisotopic (exact) mass is 433 g/mol. The van der Waals surface area contributed by atoms with Gasteiger partial charge in [-0.25, -0.2) is 4.98 Å². The molecule has 0 unspecified atom stereocenters. The van der Waals surface area contributed by atoms with Crippen LogP contribution >= 0.6 is 0 Å². The molecule has 3 aliphatic rings. The lowest BCUT2D eigenvalue weighted by atomic mass is 9.95. The molecule has 5 rings (SSSR count). The van der Waals surface area contributed by atoms with Crippen molar-refractivity contribution in [3.63, 3.8) is 0 Å². The SMILES string of the molecule is N#Cc1ccc(N2CCC(C(=O)N3CCN(Cc4ccc5c(c4)OCO5)CC3)CC2)nc1. The molecular formula is C24H27N5O3. The number of pyridine rings is 1. The van der Waals surface area contributed by atoms with Crippen molar-refractivity contribution in [2.24, 2.45) is 5.92 Å². The van der Waals surface area contributed by atoms with Gasteiger partial charge in [-0.15, -0.1) is 0 Å². The molecule has 0 aliphatic carbocycles. The van der Waals surface area contributed by atoms with E-state index in [1.807, 2.05) is 17.0 Å². The minimum Gasteiger partial charge on any atom is -0.454 e. The van der Waals surface area contributed by atoms with Crippen LogP contribution in [0, 0.1) is 17.2 Å². The van der Waals surface area contributed by atoms with E-state index in [9.17, 15) is 4.79 Å². The van der Waals surface area contributed by atoms with E-state index in [-0.39, 0.29) is 5.92 Å². The van der Waals surface area contributed by atoms with Gasteiger partial charge in [-0.1, -0.05) is 6.07 Å². The molecule has 0 radical (unpaired) electrons. The molecule has 8 nitrogen and oxygen atoms in total. The summed E-state index contributed by atoms with van der Waals surface area (Å²) in [4.78, 5) is 24.1. The number of piperazine rings is 1. The maximum Gasteiger partial charge on any atom is 0.231 e. The predicted molar refractivity (Wildman–Crippen MR) is 118 cm³/mol. The van der Waals surface area contributed by atoms with Crippen LogP contribution in [0.2, 0.25) is 0 Å². The van der Waals surface area contributed by atoms with Crippen molar-refractivity contribution < 1.29 is 14.3 Å². The normalized spacial score (nSPS) is 19.1. The Labute approximate surface area is 187 Å². The largest absolute Gasteiger partial charge is 0.454 e. The van der Waals surface area contributed by atoms with Crippen LogP contribution in [-0.2, 0) is 11.3 Å². The van der Waals surface area contributed by atoms with Crippen molar-refractivity contribution in [1.82, 2.24) is 14.8 Å². The van der Waals surface area contributed by atoms with Gasteiger partial charge in [-0.3, -0.25) is 9.69 Å². The third kappa shape index (κ3) is 4.34. The molecule has 0 N–H and O–H groups in total. The first-order valence-electron chi connectivity index (χ1n) is 11.2. The van der Waals surface area contributed by atoms with Gasteiger partial charge in [0.1, 0.15) is 11.9 Å². The third-order valence-corrected chi connectivity index (χ3v) is 6.57. The van der Waals surface area contributed by atoms with Crippen LogP contribution in [0.1, 0.15) is 24.0 Å². The molecule has 1 aromatic heterocycles. The van der Waals surface area contributed by atoms with Gasteiger partial charge in [0.25, 0.3) is 0 Å². The quantitative estimate of drug-likeness (QED) is 0.731. The molecule has 166 valence electrons. The van der Waals surface area contributed by atoms with Crippen molar-refractivity contribution in [2.45, 2.75) is 19.4 Å². The maximum absolute atomic E-state index is 13.1. The Balaban J connectivity index is 1.09. The fourth-order valence-electron chi connectivity index (χ4n) is 4.68. The molecule has 4 heterocycles. The number of fused-ring (bicyclic) bond motifs is 1. The summed E-state index contributed by atoms with van der Waals surface area (Å²) in [5.74, 6) is 2.89. The van der Waals surface area contributed by atoms with E-state index in [1.165, 1.54) is 5.56 Å². The topological polar surface area (TPSA) is 81.9 Å². The second-order valence-corrected chi connectivity index (χ2v) is 8.57. The lowest BCUT2D eigenvalue weighted by Crippen LogP contribution is -2.51. The Kier molecular flexibility index (Phi) is 5.82. The molecule has 2 saturated heterocycles. The number of ether oxygens (including phenoxy) is 2. The molecule has 0 bridgehead atoms. The van der Waals surface area contributed by atoms with Gasteiger partial charge in [0.2, 0.25) is 12.7 Å². The minimum absolute atomic E-state index is 0.0880. The van der Waals surface area contributed by atoms with Crippen LogP contribution in [0.3, 0.4) is 0 Å². The number of amides is 1. The van der Waals surface area contributed by atoms with Gasteiger partial charge < -0.3 is 19.3 Å². The van der Waals surface area contributed by atoms with Crippen molar-refractivity contribution in [3.05, 3.63) is 47.7 Å². The van der Waals surface area contributed by atoms with Gasteiger partial charge in [0.15, 0.2) is 11.5 Å². The Morgan fingerprint density at radius 2 is 1.81 bits per heavy atom. The van der Waals surface area contributed by atoms with Crippen LogP contribution in [0.25, 0.3) is 0 Å².